The van der Waals surface area contributed by atoms with Crippen molar-refractivity contribution in [2.24, 2.45) is 0 Å². The summed E-state index contributed by atoms with van der Waals surface area (Å²) in [6.07, 6.45) is 0. The van der Waals surface area contributed by atoms with E-state index < -0.39 is 33.9 Å². The molecule has 2 heterocycles. The summed E-state index contributed by atoms with van der Waals surface area (Å²) in [5, 5.41) is 59.7. The van der Waals surface area contributed by atoms with Crippen LogP contribution < -0.4 is 15.6 Å². The van der Waals surface area contributed by atoms with E-state index in [-0.39, 0.29) is 67.6 Å². The van der Waals surface area contributed by atoms with E-state index in [1.54, 1.807) is 0 Å². The normalized spacial score (nSPS) is 11.2. The molecule has 41 heavy (non-hydrogen) atoms. The van der Waals surface area contributed by atoms with E-state index in [1.807, 2.05) is 0 Å². The first-order valence-corrected chi connectivity index (χ1v) is 11.9. The quantitative estimate of drug-likeness (QED) is 0.167. The topological polar surface area (TPSA) is 191 Å². The number of phenolic OH excluding ortho intramolecular Hbond substituents is 6. The highest BCUT2D eigenvalue weighted by atomic mass is 16.5. The van der Waals surface area contributed by atoms with Crippen LogP contribution in [0.4, 0.5) is 0 Å². The Kier molecular flexibility index (Phi) is 5.70. The van der Waals surface area contributed by atoms with Gasteiger partial charge in [0.1, 0.15) is 56.4 Å². The largest absolute Gasteiger partial charge is 0.508 e. The average molecular weight is 554 g/mol. The molecule has 11 heteroatoms. The van der Waals surface area contributed by atoms with Gasteiger partial charge in [-0.1, -0.05) is 0 Å². The summed E-state index contributed by atoms with van der Waals surface area (Å²) in [5.74, 6) is -3.74. The third-order valence-corrected chi connectivity index (χ3v) is 6.30. The maximum Gasteiger partial charge on any atom is 0.239 e. The fourth-order valence-corrected chi connectivity index (χ4v) is 4.43. The average Bonchev–Trinajstić information content (AvgIpc) is 2.91. The van der Waals surface area contributed by atoms with Gasteiger partial charge >= 0.3 is 0 Å². The van der Waals surface area contributed by atoms with Crippen molar-refractivity contribution in [1.82, 2.24) is 0 Å². The molecule has 6 aromatic rings. The number of hydrogen-bond acceptors (Lipinski definition) is 11. The molecule has 0 saturated carbocycles. The van der Waals surface area contributed by atoms with Crippen molar-refractivity contribution in [1.29, 1.82) is 0 Å². The van der Waals surface area contributed by atoms with Crippen LogP contribution in [0.5, 0.6) is 46.0 Å². The highest BCUT2D eigenvalue weighted by Gasteiger charge is 2.27. The van der Waals surface area contributed by atoms with E-state index >= 15 is 0 Å². The van der Waals surface area contributed by atoms with E-state index in [2.05, 4.69) is 0 Å². The Hall–Kier alpha value is -6.10. The number of rotatable bonds is 4. The minimum atomic E-state index is -0.919. The third kappa shape index (κ3) is 4.27. The van der Waals surface area contributed by atoms with Gasteiger partial charge in [-0.05, 0) is 48.5 Å². The fraction of sp³-hybridized carbons (Fsp3) is 0. The zero-order chi connectivity index (χ0) is 29.0. The number of fused-ring (bicyclic) bond motifs is 2. The lowest BCUT2D eigenvalue weighted by Crippen LogP contribution is -2.13. The van der Waals surface area contributed by atoms with Crippen molar-refractivity contribution in [2.45, 2.75) is 0 Å². The summed E-state index contributed by atoms with van der Waals surface area (Å²) in [6.45, 7) is 0. The molecule has 0 aliphatic rings. The second-order valence-corrected chi connectivity index (χ2v) is 9.05. The second-order valence-electron chi connectivity index (χ2n) is 9.05. The van der Waals surface area contributed by atoms with Crippen LogP contribution in [0.3, 0.4) is 0 Å². The molecular formula is C30H18O11. The number of hydrogen-bond donors (Lipinski definition) is 6. The van der Waals surface area contributed by atoms with Crippen molar-refractivity contribution >= 4 is 21.9 Å². The van der Waals surface area contributed by atoms with Crippen molar-refractivity contribution in [3.05, 3.63) is 93.2 Å². The van der Waals surface area contributed by atoms with E-state index in [0.717, 1.165) is 24.3 Å². The second kappa shape index (κ2) is 9.27. The maximum atomic E-state index is 13.8. The van der Waals surface area contributed by atoms with Gasteiger partial charge in [0.2, 0.25) is 22.4 Å². The molecule has 204 valence electrons. The Balaban J connectivity index is 1.70. The highest BCUT2D eigenvalue weighted by Crippen LogP contribution is 2.41. The molecule has 0 atom stereocenters. The minimum absolute atomic E-state index is 0.0850. The number of benzene rings is 4. The lowest BCUT2D eigenvalue weighted by Gasteiger charge is -2.15. The lowest BCUT2D eigenvalue weighted by atomic mass is 10.1. The Morgan fingerprint density at radius 2 is 0.854 bits per heavy atom. The smallest absolute Gasteiger partial charge is 0.239 e. The molecule has 2 aromatic heterocycles. The molecular weight excluding hydrogens is 536 g/mol. The van der Waals surface area contributed by atoms with Crippen LogP contribution in [0.2, 0.25) is 0 Å². The molecule has 0 unspecified atom stereocenters. The number of aromatic hydroxyl groups is 6. The van der Waals surface area contributed by atoms with Gasteiger partial charge in [-0.2, -0.15) is 0 Å². The number of phenols is 6. The monoisotopic (exact) mass is 554 g/mol. The predicted molar refractivity (Wildman–Crippen MR) is 146 cm³/mol. The lowest BCUT2D eigenvalue weighted by molar-refractivity contribution is 0.430. The zero-order valence-corrected chi connectivity index (χ0v) is 20.7. The van der Waals surface area contributed by atoms with Gasteiger partial charge in [0.15, 0.2) is 11.5 Å². The van der Waals surface area contributed by atoms with Gasteiger partial charge < -0.3 is 44.2 Å². The van der Waals surface area contributed by atoms with Crippen molar-refractivity contribution in [3.63, 3.8) is 0 Å². The van der Waals surface area contributed by atoms with Gasteiger partial charge in [-0.25, -0.2) is 0 Å². The predicted octanol–water partition coefficient (Wildman–Crippen LogP) is 5.26. The van der Waals surface area contributed by atoms with Crippen LogP contribution in [-0.2, 0) is 0 Å². The van der Waals surface area contributed by atoms with E-state index in [4.69, 9.17) is 13.6 Å². The molecule has 0 radical (unpaired) electrons. The minimum Gasteiger partial charge on any atom is -0.508 e. The standard InChI is InChI=1S/C30H18O11/c31-15-5-1-13(2-6-15)27-29(25(37)23-19(35)9-17(33)11-21(23)39-27)41-30-26(38)24-20(36)10-18(34)12-22(24)40-28(30)14-3-7-16(32)8-4-14/h1-12,31-36H. The fourth-order valence-electron chi connectivity index (χ4n) is 4.43. The van der Waals surface area contributed by atoms with Crippen molar-refractivity contribution in [2.75, 3.05) is 0 Å². The third-order valence-electron chi connectivity index (χ3n) is 6.30. The van der Waals surface area contributed by atoms with Crippen LogP contribution in [-0.4, -0.2) is 30.6 Å². The van der Waals surface area contributed by atoms with Gasteiger partial charge in [-0.3, -0.25) is 9.59 Å². The molecule has 0 aliphatic carbocycles. The van der Waals surface area contributed by atoms with Crippen LogP contribution in [0.25, 0.3) is 44.6 Å². The molecule has 0 spiro atoms. The molecule has 0 bridgehead atoms. The van der Waals surface area contributed by atoms with E-state index in [1.165, 1.54) is 48.5 Å². The highest BCUT2D eigenvalue weighted by molar-refractivity contribution is 5.90. The maximum absolute atomic E-state index is 13.8. The van der Waals surface area contributed by atoms with Crippen molar-refractivity contribution in [3.8, 4) is 68.6 Å². The molecule has 6 rings (SSSR count). The Labute approximate surface area is 228 Å². The van der Waals surface area contributed by atoms with Gasteiger partial charge in [0, 0.05) is 35.4 Å². The van der Waals surface area contributed by atoms with Gasteiger partial charge in [0.25, 0.3) is 0 Å². The Morgan fingerprint density at radius 1 is 0.488 bits per heavy atom. The first-order valence-electron chi connectivity index (χ1n) is 11.9. The van der Waals surface area contributed by atoms with Crippen LogP contribution in [0.15, 0.2) is 91.2 Å². The first-order chi connectivity index (χ1) is 19.6. The molecule has 0 fully saturated rings. The van der Waals surface area contributed by atoms with Crippen molar-refractivity contribution < 1.29 is 44.2 Å². The molecule has 6 N–H and O–H groups in total. The van der Waals surface area contributed by atoms with Crippen LogP contribution >= 0.6 is 0 Å². The molecule has 0 aliphatic heterocycles. The summed E-state index contributed by atoms with van der Waals surface area (Å²) >= 11 is 0. The van der Waals surface area contributed by atoms with Crippen LogP contribution in [0, 0.1) is 0 Å². The zero-order valence-electron chi connectivity index (χ0n) is 20.7. The van der Waals surface area contributed by atoms with E-state index in [9.17, 15) is 40.2 Å². The van der Waals surface area contributed by atoms with Crippen LogP contribution in [0.1, 0.15) is 0 Å². The summed E-state index contributed by atoms with van der Waals surface area (Å²) in [4.78, 5) is 27.6. The molecule has 11 nitrogen and oxygen atoms in total. The Morgan fingerprint density at radius 3 is 1.22 bits per heavy atom. The van der Waals surface area contributed by atoms with Gasteiger partial charge in [-0.15, -0.1) is 0 Å². The number of ether oxygens (including phenoxy) is 1. The molecule has 4 aromatic carbocycles. The summed E-state index contributed by atoms with van der Waals surface area (Å²) in [7, 11) is 0. The van der Waals surface area contributed by atoms with E-state index in [0.29, 0.717) is 0 Å². The Bertz CT molecular complexity index is 1950. The molecule has 0 saturated heterocycles. The molecule has 0 amide bonds. The summed E-state index contributed by atoms with van der Waals surface area (Å²) < 4.78 is 17.7. The first kappa shape index (κ1) is 25.2. The van der Waals surface area contributed by atoms with Gasteiger partial charge in [0.05, 0.1) is 0 Å². The summed E-state index contributed by atoms with van der Waals surface area (Å²) in [5.41, 5.74) is -1.77. The summed E-state index contributed by atoms with van der Waals surface area (Å²) in [6, 6.07) is 15.0. The SMILES string of the molecule is O=c1c(Oc2c(-c3ccc(O)cc3)oc3cc(O)cc(O)c3c2=O)c(-c2ccc(O)cc2)oc2cc(O)cc(O)c12.